The summed E-state index contributed by atoms with van der Waals surface area (Å²) in [6.45, 7) is 2.27. The molecule has 1 heterocycles. The second-order valence-corrected chi connectivity index (χ2v) is 4.29. The number of nitriles is 1. The SMILES string of the molecule is CC(CCC(=O)O)CNC(=O)c1ccc(C#N)cn1. The predicted octanol–water partition coefficient (Wildman–Crippen LogP) is 1.18. The minimum Gasteiger partial charge on any atom is -0.481 e. The van der Waals surface area contributed by atoms with Crippen LogP contribution in [-0.4, -0.2) is 28.5 Å². The Kier molecular flexibility index (Phi) is 5.48. The summed E-state index contributed by atoms with van der Waals surface area (Å²) >= 11 is 0. The lowest BCUT2D eigenvalue weighted by atomic mass is 10.1. The molecule has 1 rings (SSSR count). The van der Waals surface area contributed by atoms with E-state index in [2.05, 4.69) is 10.3 Å². The summed E-state index contributed by atoms with van der Waals surface area (Å²) in [6.07, 6.45) is 1.94. The van der Waals surface area contributed by atoms with Crippen molar-refractivity contribution in [3.8, 4) is 6.07 Å². The van der Waals surface area contributed by atoms with E-state index in [9.17, 15) is 9.59 Å². The Labute approximate surface area is 111 Å². The van der Waals surface area contributed by atoms with Crippen molar-refractivity contribution in [1.82, 2.24) is 10.3 Å². The summed E-state index contributed by atoms with van der Waals surface area (Å²) in [5.41, 5.74) is 0.635. The number of nitrogens with zero attached hydrogens (tertiary/aromatic N) is 2. The smallest absolute Gasteiger partial charge is 0.303 e. The summed E-state index contributed by atoms with van der Waals surface area (Å²) in [4.78, 5) is 26.0. The Balaban J connectivity index is 2.42. The molecule has 0 fully saturated rings. The van der Waals surface area contributed by atoms with Gasteiger partial charge in [0, 0.05) is 19.2 Å². The van der Waals surface area contributed by atoms with E-state index in [0.717, 1.165) is 0 Å². The molecule has 0 aliphatic carbocycles. The Morgan fingerprint density at radius 2 is 2.26 bits per heavy atom. The van der Waals surface area contributed by atoms with Crippen LogP contribution in [0.15, 0.2) is 18.3 Å². The van der Waals surface area contributed by atoms with Gasteiger partial charge >= 0.3 is 5.97 Å². The largest absolute Gasteiger partial charge is 0.481 e. The normalized spacial score (nSPS) is 11.4. The van der Waals surface area contributed by atoms with Crippen LogP contribution < -0.4 is 5.32 Å². The van der Waals surface area contributed by atoms with Crippen molar-refractivity contribution >= 4 is 11.9 Å². The van der Waals surface area contributed by atoms with Crippen molar-refractivity contribution in [2.24, 2.45) is 5.92 Å². The van der Waals surface area contributed by atoms with Gasteiger partial charge in [-0.2, -0.15) is 5.26 Å². The van der Waals surface area contributed by atoms with Crippen LogP contribution in [0.1, 0.15) is 35.8 Å². The molecule has 0 bridgehead atoms. The van der Waals surface area contributed by atoms with Gasteiger partial charge in [0.05, 0.1) is 5.56 Å². The van der Waals surface area contributed by atoms with Crippen molar-refractivity contribution in [2.75, 3.05) is 6.54 Å². The van der Waals surface area contributed by atoms with E-state index >= 15 is 0 Å². The van der Waals surface area contributed by atoms with Crippen LogP contribution in [0.3, 0.4) is 0 Å². The van der Waals surface area contributed by atoms with E-state index in [1.807, 2.05) is 13.0 Å². The van der Waals surface area contributed by atoms with Gasteiger partial charge in [-0.1, -0.05) is 6.92 Å². The molecule has 0 saturated carbocycles. The summed E-state index contributed by atoms with van der Waals surface area (Å²) in [5.74, 6) is -1.09. The summed E-state index contributed by atoms with van der Waals surface area (Å²) in [5, 5.41) is 19.8. The Morgan fingerprint density at radius 1 is 1.53 bits per heavy atom. The molecule has 6 nitrogen and oxygen atoms in total. The van der Waals surface area contributed by atoms with Crippen LogP contribution in [-0.2, 0) is 4.79 Å². The van der Waals surface area contributed by atoms with Crippen LogP contribution in [0.4, 0.5) is 0 Å². The quantitative estimate of drug-likeness (QED) is 0.800. The average Bonchev–Trinajstić information content (AvgIpc) is 2.42. The van der Waals surface area contributed by atoms with E-state index in [1.165, 1.54) is 18.3 Å². The molecule has 1 atom stereocenters. The van der Waals surface area contributed by atoms with E-state index in [4.69, 9.17) is 10.4 Å². The fraction of sp³-hybridized carbons (Fsp3) is 0.385. The molecular formula is C13H15N3O3. The first kappa shape index (κ1) is 14.6. The van der Waals surface area contributed by atoms with Crippen LogP contribution in [0, 0.1) is 17.2 Å². The summed E-state index contributed by atoms with van der Waals surface area (Å²) < 4.78 is 0. The first-order valence-corrected chi connectivity index (χ1v) is 5.89. The van der Waals surface area contributed by atoms with Gasteiger partial charge in [0.1, 0.15) is 11.8 Å². The van der Waals surface area contributed by atoms with E-state index in [0.29, 0.717) is 18.5 Å². The first-order chi connectivity index (χ1) is 9.02. The number of carboxylic acids is 1. The van der Waals surface area contributed by atoms with Gasteiger partial charge < -0.3 is 10.4 Å². The van der Waals surface area contributed by atoms with Gasteiger partial charge in [-0.05, 0) is 24.5 Å². The molecule has 1 aromatic rings. The third-order valence-electron chi connectivity index (χ3n) is 2.59. The summed E-state index contributed by atoms with van der Waals surface area (Å²) in [6, 6.07) is 4.93. The highest BCUT2D eigenvalue weighted by atomic mass is 16.4. The van der Waals surface area contributed by atoms with Crippen molar-refractivity contribution in [3.63, 3.8) is 0 Å². The highest BCUT2D eigenvalue weighted by Crippen LogP contribution is 2.05. The van der Waals surface area contributed by atoms with Crippen molar-refractivity contribution in [2.45, 2.75) is 19.8 Å². The lowest BCUT2D eigenvalue weighted by molar-refractivity contribution is -0.137. The number of carbonyl (C=O) groups is 2. The van der Waals surface area contributed by atoms with Gasteiger partial charge in [-0.15, -0.1) is 0 Å². The monoisotopic (exact) mass is 261 g/mol. The van der Waals surface area contributed by atoms with Gasteiger partial charge in [0.15, 0.2) is 0 Å². The minimum atomic E-state index is -0.841. The number of carbonyl (C=O) groups excluding carboxylic acids is 1. The molecule has 19 heavy (non-hydrogen) atoms. The number of amides is 1. The van der Waals surface area contributed by atoms with Gasteiger partial charge in [0.2, 0.25) is 0 Å². The zero-order valence-electron chi connectivity index (χ0n) is 10.6. The molecule has 100 valence electrons. The number of rotatable bonds is 6. The fourth-order valence-electron chi connectivity index (χ4n) is 1.42. The van der Waals surface area contributed by atoms with Crippen molar-refractivity contribution in [3.05, 3.63) is 29.6 Å². The highest BCUT2D eigenvalue weighted by molar-refractivity contribution is 5.92. The number of hydrogen-bond acceptors (Lipinski definition) is 4. The minimum absolute atomic E-state index is 0.0819. The Morgan fingerprint density at radius 3 is 2.79 bits per heavy atom. The molecule has 1 aromatic heterocycles. The molecule has 0 radical (unpaired) electrons. The molecule has 1 unspecified atom stereocenters. The molecule has 1 amide bonds. The van der Waals surface area contributed by atoms with Gasteiger partial charge in [-0.3, -0.25) is 9.59 Å². The molecule has 0 saturated heterocycles. The third-order valence-corrected chi connectivity index (χ3v) is 2.59. The molecule has 0 aliphatic rings. The molecule has 6 heteroatoms. The van der Waals surface area contributed by atoms with Gasteiger partial charge in [-0.25, -0.2) is 4.98 Å². The Bertz CT molecular complexity index is 491. The number of pyridine rings is 1. The number of hydrogen-bond donors (Lipinski definition) is 2. The van der Waals surface area contributed by atoms with Crippen LogP contribution in [0.5, 0.6) is 0 Å². The maximum atomic E-state index is 11.7. The fourth-order valence-corrected chi connectivity index (χ4v) is 1.42. The number of aromatic nitrogens is 1. The van der Waals surface area contributed by atoms with Crippen LogP contribution in [0.2, 0.25) is 0 Å². The van der Waals surface area contributed by atoms with E-state index in [1.54, 1.807) is 0 Å². The number of nitrogens with one attached hydrogen (secondary N) is 1. The summed E-state index contributed by atoms with van der Waals surface area (Å²) in [7, 11) is 0. The van der Waals surface area contributed by atoms with E-state index in [-0.39, 0.29) is 23.9 Å². The molecular weight excluding hydrogens is 246 g/mol. The second-order valence-electron chi connectivity index (χ2n) is 4.29. The van der Waals surface area contributed by atoms with Crippen molar-refractivity contribution < 1.29 is 14.7 Å². The maximum absolute atomic E-state index is 11.7. The lowest BCUT2D eigenvalue weighted by Crippen LogP contribution is -2.29. The maximum Gasteiger partial charge on any atom is 0.303 e. The second kappa shape index (κ2) is 7.11. The molecule has 0 aromatic carbocycles. The van der Waals surface area contributed by atoms with E-state index < -0.39 is 5.97 Å². The third kappa shape index (κ3) is 5.17. The average molecular weight is 261 g/mol. The molecule has 2 N–H and O–H groups in total. The number of aliphatic carboxylic acids is 1. The molecule has 0 aliphatic heterocycles. The Hall–Kier alpha value is -2.42. The highest BCUT2D eigenvalue weighted by Gasteiger charge is 2.10. The predicted molar refractivity (Wildman–Crippen MR) is 67.3 cm³/mol. The van der Waals surface area contributed by atoms with Crippen molar-refractivity contribution in [1.29, 1.82) is 5.26 Å². The first-order valence-electron chi connectivity index (χ1n) is 5.89. The number of carboxylic acid groups (broad SMARTS) is 1. The molecule has 0 spiro atoms. The zero-order valence-corrected chi connectivity index (χ0v) is 10.6. The lowest BCUT2D eigenvalue weighted by Gasteiger charge is -2.11. The standard InChI is InChI=1S/C13H15N3O3/c1-9(2-5-12(17)18)7-16-13(19)11-4-3-10(6-14)8-15-11/h3-4,8-9H,2,5,7H2,1H3,(H,16,19)(H,17,18). The van der Waals surface area contributed by atoms with Gasteiger partial charge in [0.25, 0.3) is 5.91 Å². The zero-order chi connectivity index (χ0) is 14.3. The van der Waals surface area contributed by atoms with Crippen LogP contribution >= 0.6 is 0 Å². The topological polar surface area (TPSA) is 103 Å². The van der Waals surface area contributed by atoms with Crippen LogP contribution in [0.25, 0.3) is 0 Å².